The van der Waals surface area contributed by atoms with E-state index in [2.05, 4.69) is 22.8 Å². The van der Waals surface area contributed by atoms with E-state index < -0.39 is 0 Å². The molecule has 0 unspecified atom stereocenters. The first kappa shape index (κ1) is 19.7. The molecule has 6 heteroatoms. The van der Waals surface area contributed by atoms with Gasteiger partial charge in [-0.3, -0.25) is 5.43 Å². The summed E-state index contributed by atoms with van der Waals surface area (Å²) < 4.78 is 11.3. The van der Waals surface area contributed by atoms with Crippen LogP contribution in [0.4, 0.5) is 0 Å². The summed E-state index contributed by atoms with van der Waals surface area (Å²) in [5, 5.41) is 7.76. The van der Waals surface area contributed by atoms with E-state index in [0.717, 1.165) is 30.5 Å². The van der Waals surface area contributed by atoms with Gasteiger partial charge >= 0.3 is 0 Å². The molecule has 0 saturated carbocycles. The van der Waals surface area contributed by atoms with Crippen LogP contribution < -0.4 is 20.2 Å². The normalized spacial score (nSPS) is 10.5. The van der Waals surface area contributed by atoms with Crippen LogP contribution in [0.15, 0.2) is 53.6 Å². The largest absolute Gasteiger partial charge is 0.493 e. The summed E-state index contributed by atoms with van der Waals surface area (Å²) in [5.41, 5.74) is 4.80. The molecule has 0 amide bonds. The standard InChI is InChI=1S/C20H25N3O2S/c1-3-4-12-21-20(26)23-22-14-17-10-11-18(19(13-17)24-2)25-15-16-8-6-5-7-9-16/h5-11,13-14H,3-4,12,15H2,1-2H3,(H2,21,23,26). The maximum atomic E-state index is 5.85. The van der Waals surface area contributed by atoms with Crippen LogP contribution in [0.5, 0.6) is 11.5 Å². The van der Waals surface area contributed by atoms with Crippen molar-refractivity contribution in [3.63, 3.8) is 0 Å². The Morgan fingerprint density at radius 3 is 2.69 bits per heavy atom. The fourth-order valence-electron chi connectivity index (χ4n) is 2.20. The summed E-state index contributed by atoms with van der Waals surface area (Å²) in [5.74, 6) is 1.35. The zero-order valence-electron chi connectivity index (χ0n) is 15.2. The van der Waals surface area contributed by atoms with Crippen LogP contribution in [0, 0.1) is 0 Å². The van der Waals surface area contributed by atoms with Gasteiger partial charge in [-0.25, -0.2) is 0 Å². The van der Waals surface area contributed by atoms with Crippen molar-refractivity contribution in [1.29, 1.82) is 0 Å². The summed E-state index contributed by atoms with van der Waals surface area (Å²) >= 11 is 5.15. The van der Waals surface area contributed by atoms with Crippen molar-refractivity contribution < 1.29 is 9.47 Å². The number of nitrogens with zero attached hydrogens (tertiary/aromatic N) is 1. The minimum Gasteiger partial charge on any atom is -0.493 e. The molecular weight excluding hydrogens is 346 g/mol. The number of hydrogen-bond acceptors (Lipinski definition) is 4. The van der Waals surface area contributed by atoms with Crippen molar-refractivity contribution in [2.24, 2.45) is 5.10 Å². The number of hydrogen-bond donors (Lipinski definition) is 2. The van der Waals surface area contributed by atoms with E-state index in [1.54, 1.807) is 13.3 Å². The van der Waals surface area contributed by atoms with Gasteiger partial charge in [0, 0.05) is 6.54 Å². The number of methoxy groups -OCH3 is 1. The topological polar surface area (TPSA) is 54.9 Å². The van der Waals surface area contributed by atoms with Gasteiger partial charge in [0.05, 0.1) is 13.3 Å². The van der Waals surface area contributed by atoms with E-state index >= 15 is 0 Å². The van der Waals surface area contributed by atoms with Crippen LogP contribution >= 0.6 is 12.2 Å². The van der Waals surface area contributed by atoms with E-state index in [4.69, 9.17) is 21.7 Å². The molecule has 2 rings (SSSR count). The number of benzene rings is 2. The van der Waals surface area contributed by atoms with Gasteiger partial charge < -0.3 is 14.8 Å². The molecule has 0 aliphatic heterocycles. The van der Waals surface area contributed by atoms with Gasteiger partial charge in [-0.05, 0) is 48.0 Å². The molecule has 138 valence electrons. The third-order valence-corrected chi connectivity index (χ3v) is 3.86. The van der Waals surface area contributed by atoms with Crippen molar-refractivity contribution in [3.8, 4) is 11.5 Å². The van der Waals surface area contributed by atoms with Crippen LogP contribution in [-0.4, -0.2) is 25.0 Å². The maximum Gasteiger partial charge on any atom is 0.186 e. The summed E-state index contributed by atoms with van der Waals surface area (Å²) in [6, 6.07) is 15.7. The van der Waals surface area contributed by atoms with Gasteiger partial charge in [0.25, 0.3) is 0 Å². The Hall–Kier alpha value is -2.60. The zero-order chi connectivity index (χ0) is 18.6. The molecule has 26 heavy (non-hydrogen) atoms. The summed E-state index contributed by atoms with van der Waals surface area (Å²) in [6.07, 6.45) is 3.89. The van der Waals surface area contributed by atoms with Gasteiger partial charge in [-0.15, -0.1) is 0 Å². The highest BCUT2D eigenvalue weighted by Crippen LogP contribution is 2.28. The SMILES string of the molecule is CCCCNC(=S)NN=Cc1ccc(OCc2ccccc2)c(OC)c1. The molecule has 0 saturated heterocycles. The van der Waals surface area contributed by atoms with Gasteiger partial charge in [0.2, 0.25) is 0 Å². The Balaban J connectivity index is 1.90. The van der Waals surface area contributed by atoms with E-state index in [9.17, 15) is 0 Å². The number of ether oxygens (including phenoxy) is 2. The first-order valence-corrected chi connectivity index (χ1v) is 9.05. The Kier molecular flexibility index (Phi) is 8.42. The van der Waals surface area contributed by atoms with Crippen LogP contribution in [0.25, 0.3) is 0 Å². The average Bonchev–Trinajstić information content (AvgIpc) is 2.68. The smallest absolute Gasteiger partial charge is 0.186 e. The van der Waals surface area contributed by atoms with E-state index in [1.807, 2.05) is 48.5 Å². The van der Waals surface area contributed by atoms with Crippen molar-refractivity contribution >= 4 is 23.5 Å². The minimum atomic E-state index is 0.490. The molecule has 0 radical (unpaired) electrons. The van der Waals surface area contributed by atoms with Crippen molar-refractivity contribution in [2.45, 2.75) is 26.4 Å². The lowest BCUT2D eigenvalue weighted by Crippen LogP contribution is -2.32. The molecule has 0 atom stereocenters. The molecule has 0 spiro atoms. The molecular formula is C20H25N3O2S. The first-order valence-electron chi connectivity index (χ1n) is 8.64. The average molecular weight is 372 g/mol. The lowest BCUT2D eigenvalue weighted by Gasteiger charge is -2.11. The van der Waals surface area contributed by atoms with Gasteiger partial charge in [0.1, 0.15) is 6.61 Å². The van der Waals surface area contributed by atoms with Crippen LogP contribution in [-0.2, 0) is 6.61 Å². The number of thiocarbonyl (C=S) groups is 1. The third-order valence-electron chi connectivity index (χ3n) is 3.62. The predicted molar refractivity (Wildman–Crippen MR) is 110 cm³/mol. The lowest BCUT2D eigenvalue weighted by molar-refractivity contribution is 0.284. The van der Waals surface area contributed by atoms with E-state index in [1.165, 1.54) is 0 Å². The van der Waals surface area contributed by atoms with Crippen LogP contribution in [0.1, 0.15) is 30.9 Å². The number of rotatable bonds is 9. The second kappa shape index (κ2) is 11.1. The van der Waals surface area contributed by atoms with Crippen molar-refractivity contribution in [1.82, 2.24) is 10.7 Å². The van der Waals surface area contributed by atoms with E-state index in [0.29, 0.717) is 23.2 Å². The van der Waals surface area contributed by atoms with Crippen molar-refractivity contribution in [2.75, 3.05) is 13.7 Å². The number of hydrazone groups is 1. The first-order chi connectivity index (χ1) is 12.7. The van der Waals surface area contributed by atoms with Gasteiger partial charge in [-0.1, -0.05) is 43.7 Å². The Morgan fingerprint density at radius 1 is 1.15 bits per heavy atom. The molecule has 2 aromatic carbocycles. The van der Waals surface area contributed by atoms with Gasteiger partial charge in [-0.2, -0.15) is 5.10 Å². The van der Waals surface area contributed by atoms with E-state index in [-0.39, 0.29) is 0 Å². The fraction of sp³-hybridized carbons (Fsp3) is 0.300. The quantitative estimate of drug-likeness (QED) is 0.303. The summed E-state index contributed by atoms with van der Waals surface area (Å²) in [4.78, 5) is 0. The number of unbranched alkanes of at least 4 members (excludes halogenated alkanes) is 1. The second-order valence-corrected chi connectivity index (χ2v) is 6.07. The summed E-state index contributed by atoms with van der Waals surface area (Å²) in [6.45, 7) is 3.47. The summed E-state index contributed by atoms with van der Waals surface area (Å²) in [7, 11) is 1.62. The van der Waals surface area contributed by atoms with Gasteiger partial charge in [0.15, 0.2) is 16.6 Å². The maximum absolute atomic E-state index is 5.85. The van der Waals surface area contributed by atoms with Crippen LogP contribution in [0.3, 0.4) is 0 Å². The predicted octanol–water partition coefficient (Wildman–Crippen LogP) is 3.87. The molecule has 0 aliphatic rings. The Bertz CT molecular complexity index is 720. The number of nitrogens with one attached hydrogen (secondary N) is 2. The van der Waals surface area contributed by atoms with Crippen molar-refractivity contribution in [3.05, 3.63) is 59.7 Å². The highest BCUT2D eigenvalue weighted by molar-refractivity contribution is 7.80. The molecule has 0 aliphatic carbocycles. The zero-order valence-corrected chi connectivity index (χ0v) is 16.0. The molecule has 0 aromatic heterocycles. The highest BCUT2D eigenvalue weighted by atomic mass is 32.1. The molecule has 5 nitrogen and oxygen atoms in total. The second-order valence-electron chi connectivity index (χ2n) is 5.66. The molecule has 0 bridgehead atoms. The minimum absolute atomic E-state index is 0.490. The third kappa shape index (κ3) is 6.72. The Labute approximate surface area is 160 Å². The molecule has 2 aromatic rings. The monoisotopic (exact) mass is 371 g/mol. The molecule has 0 fully saturated rings. The van der Waals surface area contributed by atoms with Crippen LogP contribution in [0.2, 0.25) is 0 Å². The molecule has 0 heterocycles. The Morgan fingerprint density at radius 2 is 1.96 bits per heavy atom. The lowest BCUT2D eigenvalue weighted by atomic mass is 10.2. The molecule has 2 N–H and O–H groups in total. The fourth-order valence-corrected chi connectivity index (χ4v) is 2.36. The highest BCUT2D eigenvalue weighted by Gasteiger charge is 2.05.